The second-order valence-corrected chi connectivity index (χ2v) is 6.45. The smallest absolute Gasteiger partial charge is 0.328 e. The minimum absolute atomic E-state index is 0.0251. The number of rotatable bonds is 8. The summed E-state index contributed by atoms with van der Waals surface area (Å²) in [5, 5.41) is 0. The minimum Gasteiger partial charge on any atom is -0.467 e. The Balaban J connectivity index is 2.09. The van der Waals surface area contributed by atoms with Crippen LogP contribution in [0.15, 0.2) is 55.6 Å². The second-order valence-electron chi connectivity index (χ2n) is 6.45. The number of methoxy groups -OCH3 is 1. The Hall–Kier alpha value is -2.36. The number of benzene rings is 1. The normalized spacial score (nSPS) is 22.4. The van der Waals surface area contributed by atoms with Crippen LogP contribution in [-0.4, -0.2) is 36.0 Å². The monoisotopic (exact) mass is 341 g/mol. The van der Waals surface area contributed by atoms with E-state index in [9.17, 15) is 9.59 Å². The van der Waals surface area contributed by atoms with Crippen LogP contribution in [0, 0.1) is 5.92 Å². The van der Waals surface area contributed by atoms with Crippen LogP contribution in [0.1, 0.15) is 31.2 Å². The molecule has 0 spiro atoms. The van der Waals surface area contributed by atoms with Crippen LogP contribution in [0.3, 0.4) is 0 Å². The number of hydrogen-bond acceptors (Lipinski definition) is 3. The molecule has 0 radical (unpaired) electrons. The van der Waals surface area contributed by atoms with Crippen molar-refractivity contribution >= 4 is 11.9 Å². The van der Waals surface area contributed by atoms with E-state index in [1.165, 1.54) is 18.7 Å². The molecule has 1 heterocycles. The van der Waals surface area contributed by atoms with Gasteiger partial charge in [-0.1, -0.05) is 43.0 Å². The van der Waals surface area contributed by atoms with E-state index in [1.807, 2.05) is 24.3 Å². The predicted octanol–water partition coefficient (Wildman–Crippen LogP) is 3.53. The van der Waals surface area contributed by atoms with Crippen LogP contribution >= 0.6 is 0 Å². The number of carbonyl (C=O) groups is 2. The summed E-state index contributed by atoms with van der Waals surface area (Å²) in [6, 6.07) is 9.80. The fourth-order valence-corrected chi connectivity index (χ4v) is 3.78. The van der Waals surface area contributed by atoms with E-state index in [0.717, 1.165) is 19.3 Å². The van der Waals surface area contributed by atoms with Crippen molar-refractivity contribution in [3.63, 3.8) is 0 Å². The van der Waals surface area contributed by atoms with Gasteiger partial charge in [-0.2, -0.15) is 0 Å². The molecular weight excluding hydrogens is 314 g/mol. The summed E-state index contributed by atoms with van der Waals surface area (Å²) in [5.41, 5.74) is 1.31. The molecule has 0 bridgehead atoms. The van der Waals surface area contributed by atoms with Gasteiger partial charge >= 0.3 is 5.97 Å². The largest absolute Gasteiger partial charge is 0.467 e. The molecule has 1 aromatic carbocycles. The predicted molar refractivity (Wildman–Crippen MR) is 98.9 cm³/mol. The van der Waals surface area contributed by atoms with Gasteiger partial charge in [0.05, 0.1) is 7.11 Å². The Morgan fingerprint density at radius 1 is 1.28 bits per heavy atom. The highest BCUT2D eigenvalue weighted by Crippen LogP contribution is 2.36. The zero-order chi connectivity index (χ0) is 18.2. The first kappa shape index (κ1) is 19.0. The molecule has 0 aromatic heterocycles. The third-order valence-corrected chi connectivity index (χ3v) is 4.96. The molecule has 1 aromatic rings. The molecule has 0 saturated carbocycles. The zero-order valence-corrected chi connectivity index (χ0v) is 14.9. The van der Waals surface area contributed by atoms with E-state index in [4.69, 9.17) is 4.74 Å². The van der Waals surface area contributed by atoms with Crippen molar-refractivity contribution in [1.82, 2.24) is 4.90 Å². The zero-order valence-electron chi connectivity index (χ0n) is 14.9. The van der Waals surface area contributed by atoms with E-state index in [2.05, 4.69) is 25.3 Å². The molecule has 1 aliphatic rings. The van der Waals surface area contributed by atoms with E-state index >= 15 is 0 Å². The van der Waals surface area contributed by atoms with Crippen molar-refractivity contribution < 1.29 is 14.3 Å². The number of hydrogen-bond donors (Lipinski definition) is 0. The van der Waals surface area contributed by atoms with Crippen molar-refractivity contribution in [3.05, 3.63) is 61.2 Å². The summed E-state index contributed by atoms with van der Waals surface area (Å²) >= 11 is 0. The van der Waals surface area contributed by atoms with Gasteiger partial charge in [-0.05, 0) is 49.7 Å². The Morgan fingerprint density at radius 3 is 2.60 bits per heavy atom. The van der Waals surface area contributed by atoms with Crippen LogP contribution < -0.4 is 0 Å². The first-order chi connectivity index (χ1) is 12.1. The number of ether oxygens (including phenoxy) is 1. The average molecular weight is 341 g/mol. The molecule has 25 heavy (non-hydrogen) atoms. The number of nitrogens with zero attached hydrogens (tertiary/aromatic N) is 1. The van der Waals surface area contributed by atoms with Crippen molar-refractivity contribution in [2.24, 2.45) is 5.92 Å². The van der Waals surface area contributed by atoms with Crippen molar-refractivity contribution in [3.8, 4) is 0 Å². The summed E-state index contributed by atoms with van der Waals surface area (Å²) in [6.45, 7) is 7.39. The Kier molecular flexibility index (Phi) is 6.99. The molecule has 1 aliphatic heterocycles. The van der Waals surface area contributed by atoms with Gasteiger partial charge in [0.2, 0.25) is 5.91 Å². The fraction of sp³-hybridized carbons (Fsp3) is 0.429. The molecule has 4 nitrogen and oxygen atoms in total. The summed E-state index contributed by atoms with van der Waals surface area (Å²) < 4.78 is 4.91. The van der Waals surface area contributed by atoms with Gasteiger partial charge in [-0.15, -0.1) is 6.58 Å². The van der Waals surface area contributed by atoms with E-state index in [0.29, 0.717) is 12.8 Å². The molecule has 2 rings (SSSR count). The lowest BCUT2D eigenvalue weighted by Crippen LogP contribution is -2.45. The molecule has 3 atom stereocenters. The summed E-state index contributed by atoms with van der Waals surface area (Å²) in [5.74, 6) is -0.308. The first-order valence-corrected chi connectivity index (χ1v) is 8.79. The Bertz CT molecular complexity index is 611. The Labute approximate surface area is 150 Å². The average Bonchev–Trinajstić information content (AvgIpc) is 3.00. The lowest BCUT2D eigenvalue weighted by molar-refractivity contribution is -0.150. The van der Waals surface area contributed by atoms with Gasteiger partial charge in [-0.3, -0.25) is 4.79 Å². The topological polar surface area (TPSA) is 46.6 Å². The standard InChI is InChI=1S/C21H27NO3/c1-4-10-18-17(14-9-13-16-11-7-6-8-12-16)15-19(21(24)25-3)22(18)20(23)5-2/h4-8,11-12,17-19H,1-2,9-10,13-15H2,3H3/t17-,18+,19+/m1/s1. The third kappa shape index (κ3) is 4.59. The number of likely N-dealkylation sites (tertiary alicyclic amines) is 1. The van der Waals surface area contributed by atoms with E-state index in [1.54, 1.807) is 4.90 Å². The van der Waals surface area contributed by atoms with Crippen molar-refractivity contribution in [2.75, 3.05) is 7.11 Å². The minimum atomic E-state index is -0.526. The maximum absolute atomic E-state index is 12.3. The molecule has 1 amide bonds. The van der Waals surface area contributed by atoms with Crippen molar-refractivity contribution in [2.45, 2.75) is 44.2 Å². The molecule has 134 valence electrons. The fourth-order valence-electron chi connectivity index (χ4n) is 3.78. The molecule has 0 N–H and O–H groups in total. The van der Waals surface area contributed by atoms with Gasteiger partial charge in [0.25, 0.3) is 0 Å². The number of amides is 1. The van der Waals surface area contributed by atoms with Gasteiger partial charge < -0.3 is 9.64 Å². The first-order valence-electron chi connectivity index (χ1n) is 8.79. The van der Waals surface area contributed by atoms with Gasteiger partial charge in [0, 0.05) is 6.04 Å². The summed E-state index contributed by atoms with van der Waals surface area (Å²) in [7, 11) is 1.37. The lowest BCUT2D eigenvalue weighted by atomic mass is 9.90. The molecule has 1 fully saturated rings. The maximum Gasteiger partial charge on any atom is 0.328 e. The molecule has 4 heteroatoms. The van der Waals surface area contributed by atoms with Crippen LogP contribution in [0.2, 0.25) is 0 Å². The van der Waals surface area contributed by atoms with Gasteiger partial charge in [0.1, 0.15) is 6.04 Å². The third-order valence-electron chi connectivity index (χ3n) is 4.96. The van der Waals surface area contributed by atoms with Gasteiger partial charge in [-0.25, -0.2) is 4.79 Å². The van der Waals surface area contributed by atoms with Crippen molar-refractivity contribution in [1.29, 1.82) is 0 Å². The molecule has 0 aliphatic carbocycles. The highest BCUT2D eigenvalue weighted by molar-refractivity contribution is 5.92. The summed E-state index contributed by atoms with van der Waals surface area (Å²) in [4.78, 5) is 26.1. The molecular formula is C21H27NO3. The molecule has 1 saturated heterocycles. The number of carbonyl (C=O) groups excluding carboxylic acids is 2. The lowest BCUT2D eigenvalue weighted by Gasteiger charge is -2.29. The van der Waals surface area contributed by atoms with Crippen LogP contribution in [-0.2, 0) is 20.7 Å². The van der Waals surface area contributed by atoms with Crippen LogP contribution in [0.4, 0.5) is 0 Å². The molecule has 0 unspecified atom stereocenters. The summed E-state index contributed by atoms with van der Waals surface area (Å²) in [6.07, 6.45) is 7.38. The number of aryl methyl sites for hydroxylation is 1. The van der Waals surface area contributed by atoms with Gasteiger partial charge in [0.15, 0.2) is 0 Å². The quantitative estimate of drug-likeness (QED) is 0.413. The Morgan fingerprint density at radius 2 is 2.00 bits per heavy atom. The highest BCUT2D eigenvalue weighted by atomic mass is 16.5. The highest BCUT2D eigenvalue weighted by Gasteiger charge is 2.45. The SMILES string of the molecule is C=CC[C@H]1[C@H](CCCc2ccccc2)C[C@@H](C(=O)OC)N1C(=O)C=C. The van der Waals surface area contributed by atoms with Crippen LogP contribution in [0.25, 0.3) is 0 Å². The second kappa shape index (κ2) is 9.21. The maximum atomic E-state index is 12.3. The van der Waals surface area contributed by atoms with Crippen LogP contribution in [0.5, 0.6) is 0 Å². The number of esters is 1. The van der Waals surface area contributed by atoms with E-state index < -0.39 is 6.04 Å². The van der Waals surface area contributed by atoms with E-state index in [-0.39, 0.29) is 23.8 Å².